The van der Waals surface area contributed by atoms with Crippen LogP contribution in [0.5, 0.6) is 0 Å². The van der Waals surface area contributed by atoms with Crippen molar-refractivity contribution in [1.29, 1.82) is 0 Å². The lowest BCUT2D eigenvalue weighted by atomic mass is 9.81. The number of sulfone groups is 1. The Kier molecular flexibility index (Phi) is 6.27. The number of hydrogen-bond acceptors (Lipinski definition) is 4. The number of likely N-dealkylation sites (N-methyl/N-ethyl adjacent to an activating group) is 1. The fourth-order valence-electron chi connectivity index (χ4n) is 3.59. The number of hydrogen-bond donors (Lipinski definition) is 1. The van der Waals surface area contributed by atoms with Gasteiger partial charge in [-0.3, -0.25) is 4.90 Å². The molecular weight excluding hydrogens is 260 g/mol. The highest BCUT2D eigenvalue weighted by Gasteiger charge is 2.41. The fraction of sp³-hybridized carbons (Fsp3) is 1.00. The largest absolute Gasteiger partial charge is 0.315 e. The summed E-state index contributed by atoms with van der Waals surface area (Å²) < 4.78 is 22.9. The standard InChI is InChI=1S/C14H30N2O2S/c1-5-14(6-2,16-10-7-8-11-16)13(15-3)9-12-19(4,17)18/h13,15H,5-12H2,1-4H3. The molecule has 19 heavy (non-hydrogen) atoms. The first-order valence-electron chi connectivity index (χ1n) is 7.49. The van der Waals surface area contributed by atoms with Crippen LogP contribution in [-0.2, 0) is 9.84 Å². The SMILES string of the molecule is CCC(CC)(C(CCS(C)(=O)=O)NC)N1CCCC1. The zero-order valence-electron chi connectivity index (χ0n) is 12.9. The van der Waals surface area contributed by atoms with Crippen molar-refractivity contribution in [3.8, 4) is 0 Å². The smallest absolute Gasteiger partial charge is 0.147 e. The molecule has 0 aromatic heterocycles. The molecule has 0 aromatic carbocycles. The van der Waals surface area contributed by atoms with Gasteiger partial charge in [-0.15, -0.1) is 0 Å². The number of likely N-dealkylation sites (tertiary alicyclic amines) is 1. The molecule has 0 spiro atoms. The van der Waals surface area contributed by atoms with Gasteiger partial charge in [-0.05, 0) is 52.2 Å². The Morgan fingerprint density at radius 2 is 1.74 bits per heavy atom. The van der Waals surface area contributed by atoms with Crippen LogP contribution in [0, 0.1) is 0 Å². The van der Waals surface area contributed by atoms with E-state index in [0.717, 1.165) is 25.9 Å². The Labute approximate surface area is 118 Å². The van der Waals surface area contributed by atoms with Crippen molar-refractivity contribution >= 4 is 9.84 Å². The van der Waals surface area contributed by atoms with Gasteiger partial charge < -0.3 is 5.32 Å². The maximum Gasteiger partial charge on any atom is 0.147 e. The van der Waals surface area contributed by atoms with Crippen LogP contribution in [-0.4, -0.2) is 57.0 Å². The summed E-state index contributed by atoms with van der Waals surface area (Å²) in [4.78, 5) is 2.58. The summed E-state index contributed by atoms with van der Waals surface area (Å²) in [6.07, 6.45) is 6.70. The third kappa shape index (κ3) is 4.17. The van der Waals surface area contributed by atoms with Crippen molar-refractivity contribution in [3.63, 3.8) is 0 Å². The highest BCUT2D eigenvalue weighted by Crippen LogP contribution is 2.32. The van der Waals surface area contributed by atoms with E-state index in [2.05, 4.69) is 24.1 Å². The molecule has 0 radical (unpaired) electrons. The molecule has 1 rings (SSSR count). The first-order chi connectivity index (χ1) is 8.89. The Morgan fingerprint density at radius 3 is 2.11 bits per heavy atom. The molecule has 1 heterocycles. The highest BCUT2D eigenvalue weighted by atomic mass is 32.2. The molecule has 0 aliphatic carbocycles. The van der Waals surface area contributed by atoms with Crippen LogP contribution in [0.3, 0.4) is 0 Å². The average Bonchev–Trinajstić information content (AvgIpc) is 2.88. The summed E-state index contributed by atoms with van der Waals surface area (Å²) in [7, 11) is -0.927. The van der Waals surface area contributed by atoms with E-state index < -0.39 is 9.84 Å². The molecule has 4 nitrogen and oxygen atoms in total. The van der Waals surface area contributed by atoms with Gasteiger partial charge in [-0.2, -0.15) is 0 Å². The van der Waals surface area contributed by atoms with E-state index in [1.807, 2.05) is 7.05 Å². The van der Waals surface area contributed by atoms with Crippen LogP contribution in [0.2, 0.25) is 0 Å². The molecule has 5 heteroatoms. The maximum absolute atomic E-state index is 11.4. The molecule has 1 aliphatic heterocycles. The van der Waals surface area contributed by atoms with Gasteiger partial charge in [0.1, 0.15) is 9.84 Å². The molecule has 0 amide bonds. The van der Waals surface area contributed by atoms with Gasteiger partial charge in [0.05, 0.1) is 5.75 Å². The third-order valence-electron chi connectivity index (χ3n) is 4.73. The Balaban J connectivity index is 2.86. The predicted molar refractivity (Wildman–Crippen MR) is 81.3 cm³/mol. The molecule has 0 saturated carbocycles. The normalized spacial score (nSPS) is 19.8. The minimum atomic E-state index is -2.89. The van der Waals surface area contributed by atoms with Crippen LogP contribution in [0.1, 0.15) is 46.0 Å². The van der Waals surface area contributed by atoms with Crippen LogP contribution in [0.25, 0.3) is 0 Å². The van der Waals surface area contributed by atoms with Gasteiger partial charge in [0, 0.05) is 17.8 Å². The molecule has 1 unspecified atom stereocenters. The minimum Gasteiger partial charge on any atom is -0.315 e. The predicted octanol–water partition coefficient (Wildman–Crippen LogP) is 1.66. The second-order valence-corrected chi connectivity index (χ2v) is 8.02. The summed E-state index contributed by atoms with van der Waals surface area (Å²) in [6.45, 7) is 6.76. The zero-order chi connectivity index (χ0) is 14.5. The summed E-state index contributed by atoms with van der Waals surface area (Å²) in [5, 5.41) is 3.39. The fourth-order valence-corrected chi connectivity index (χ4v) is 4.25. The maximum atomic E-state index is 11.4. The van der Waals surface area contributed by atoms with Gasteiger partial charge in [0.2, 0.25) is 0 Å². The van der Waals surface area contributed by atoms with Crippen molar-refractivity contribution < 1.29 is 8.42 Å². The van der Waals surface area contributed by atoms with E-state index in [1.54, 1.807) is 0 Å². The summed E-state index contributed by atoms with van der Waals surface area (Å²) in [6, 6.07) is 0.246. The highest BCUT2D eigenvalue weighted by molar-refractivity contribution is 7.90. The average molecular weight is 290 g/mol. The molecule has 1 saturated heterocycles. The molecule has 1 atom stereocenters. The van der Waals surface area contributed by atoms with Crippen LogP contribution >= 0.6 is 0 Å². The van der Waals surface area contributed by atoms with E-state index in [0.29, 0.717) is 6.42 Å². The van der Waals surface area contributed by atoms with E-state index >= 15 is 0 Å². The lowest BCUT2D eigenvalue weighted by Crippen LogP contribution is -2.59. The first-order valence-corrected chi connectivity index (χ1v) is 9.55. The van der Waals surface area contributed by atoms with Gasteiger partial charge in [-0.1, -0.05) is 13.8 Å². The zero-order valence-corrected chi connectivity index (χ0v) is 13.7. The number of rotatable bonds is 8. The van der Waals surface area contributed by atoms with Crippen LogP contribution in [0.4, 0.5) is 0 Å². The number of nitrogens with zero attached hydrogens (tertiary/aromatic N) is 1. The van der Waals surface area contributed by atoms with E-state index in [9.17, 15) is 8.42 Å². The monoisotopic (exact) mass is 290 g/mol. The Hall–Kier alpha value is -0.130. The first kappa shape index (κ1) is 16.9. The second kappa shape index (κ2) is 7.04. The topological polar surface area (TPSA) is 49.4 Å². The van der Waals surface area contributed by atoms with Crippen molar-refractivity contribution in [2.24, 2.45) is 0 Å². The van der Waals surface area contributed by atoms with Gasteiger partial charge in [0.25, 0.3) is 0 Å². The van der Waals surface area contributed by atoms with Gasteiger partial charge in [0.15, 0.2) is 0 Å². The lowest BCUT2D eigenvalue weighted by molar-refractivity contribution is 0.0638. The van der Waals surface area contributed by atoms with Crippen molar-refractivity contribution in [2.45, 2.75) is 57.5 Å². The van der Waals surface area contributed by atoms with Gasteiger partial charge in [-0.25, -0.2) is 8.42 Å². The van der Waals surface area contributed by atoms with Gasteiger partial charge >= 0.3 is 0 Å². The number of nitrogens with one attached hydrogen (secondary N) is 1. The molecular formula is C14H30N2O2S. The molecule has 1 N–H and O–H groups in total. The van der Waals surface area contributed by atoms with Crippen molar-refractivity contribution in [3.05, 3.63) is 0 Å². The molecule has 0 aromatic rings. The Bertz CT molecular complexity index is 358. The lowest BCUT2D eigenvalue weighted by Gasteiger charge is -2.47. The van der Waals surface area contributed by atoms with Crippen molar-refractivity contribution in [1.82, 2.24) is 10.2 Å². The summed E-state index contributed by atoms with van der Waals surface area (Å²) in [5.41, 5.74) is 0.107. The van der Waals surface area contributed by atoms with Crippen LogP contribution < -0.4 is 5.32 Å². The van der Waals surface area contributed by atoms with E-state index in [4.69, 9.17) is 0 Å². The van der Waals surface area contributed by atoms with E-state index in [-0.39, 0.29) is 17.3 Å². The Morgan fingerprint density at radius 1 is 1.21 bits per heavy atom. The molecule has 114 valence electrons. The van der Waals surface area contributed by atoms with Crippen molar-refractivity contribution in [2.75, 3.05) is 32.1 Å². The van der Waals surface area contributed by atoms with E-state index in [1.165, 1.54) is 19.1 Å². The molecule has 1 fully saturated rings. The molecule has 0 bridgehead atoms. The third-order valence-corrected chi connectivity index (χ3v) is 5.71. The summed E-state index contributed by atoms with van der Waals surface area (Å²) in [5.74, 6) is 0.272. The minimum absolute atomic E-state index is 0.107. The summed E-state index contributed by atoms with van der Waals surface area (Å²) >= 11 is 0. The quantitative estimate of drug-likeness (QED) is 0.739. The van der Waals surface area contributed by atoms with Crippen LogP contribution in [0.15, 0.2) is 0 Å². The second-order valence-electron chi connectivity index (χ2n) is 5.76. The molecule has 1 aliphatic rings.